The maximum Gasteiger partial charge on any atom is 0.410 e. The summed E-state index contributed by atoms with van der Waals surface area (Å²) in [6.07, 6.45) is 6.13. The zero-order valence-electron chi connectivity index (χ0n) is 13.1. The topological polar surface area (TPSA) is 49.8 Å². The Labute approximate surface area is 122 Å². The number of carbonyl (C=O) groups is 1. The molecule has 20 heavy (non-hydrogen) atoms. The van der Waals surface area contributed by atoms with Gasteiger partial charge in [-0.05, 0) is 71.1 Å². The third-order valence-electron chi connectivity index (χ3n) is 4.60. The van der Waals surface area contributed by atoms with Gasteiger partial charge in [-0.2, -0.15) is 0 Å². The van der Waals surface area contributed by atoms with Crippen LogP contribution in [0, 0.1) is 11.8 Å². The molecule has 0 bridgehead atoms. The van der Waals surface area contributed by atoms with Crippen LogP contribution >= 0.6 is 0 Å². The van der Waals surface area contributed by atoms with Crippen LogP contribution in [0.1, 0.15) is 59.3 Å². The van der Waals surface area contributed by atoms with Gasteiger partial charge in [0.2, 0.25) is 0 Å². The minimum absolute atomic E-state index is 0.0758. The Morgan fingerprint density at radius 2 is 1.50 bits per heavy atom. The summed E-state index contributed by atoms with van der Waals surface area (Å²) in [5, 5.41) is 9.58. The van der Waals surface area contributed by atoms with E-state index in [1.807, 2.05) is 25.7 Å². The van der Waals surface area contributed by atoms with Crippen LogP contribution in [0.2, 0.25) is 0 Å². The average Bonchev–Trinajstić information content (AvgIpc) is 2.38. The Kier molecular flexibility index (Phi) is 4.95. The van der Waals surface area contributed by atoms with E-state index in [1.165, 1.54) is 0 Å². The van der Waals surface area contributed by atoms with E-state index in [0.717, 1.165) is 63.5 Å². The fraction of sp³-hybridized carbons (Fsp3) is 0.938. The molecule has 1 aliphatic heterocycles. The monoisotopic (exact) mass is 283 g/mol. The van der Waals surface area contributed by atoms with Crippen molar-refractivity contribution in [2.24, 2.45) is 11.8 Å². The number of likely N-dealkylation sites (tertiary alicyclic amines) is 1. The highest BCUT2D eigenvalue weighted by Gasteiger charge is 2.32. The number of hydrogen-bond donors (Lipinski definition) is 1. The Hall–Kier alpha value is -0.770. The van der Waals surface area contributed by atoms with Crippen LogP contribution in [-0.2, 0) is 4.74 Å². The van der Waals surface area contributed by atoms with Gasteiger partial charge in [0.1, 0.15) is 5.60 Å². The zero-order valence-corrected chi connectivity index (χ0v) is 13.1. The van der Waals surface area contributed by atoms with Crippen molar-refractivity contribution in [2.75, 3.05) is 13.1 Å². The fourth-order valence-electron chi connectivity index (χ4n) is 3.45. The average molecular weight is 283 g/mol. The number of hydrogen-bond acceptors (Lipinski definition) is 3. The number of piperidine rings is 1. The first kappa shape index (κ1) is 15.6. The minimum Gasteiger partial charge on any atom is -0.444 e. The van der Waals surface area contributed by atoms with Crippen LogP contribution in [0.3, 0.4) is 0 Å². The second kappa shape index (κ2) is 6.33. The lowest BCUT2D eigenvalue weighted by molar-refractivity contribution is 0.0126. The van der Waals surface area contributed by atoms with Crippen LogP contribution in [0.15, 0.2) is 0 Å². The molecule has 2 fully saturated rings. The minimum atomic E-state index is -0.409. The second-order valence-corrected chi connectivity index (χ2v) is 7.37. The summed E-state index contributed by atoms with van der Waals surface area (Å²) in [4.78, 5) is 13.9. The molecular formula is C16H29NO3. The van der Waals surface area contributed by atoms with Gasteiger partial charge in [0.05, 0.1) is 6.10 Å². The van der Waals surface area contributed by atoms with Gasteiger partial charge >= 0.3 is 6.09 Å². The summed E-state index contributed by atoms with van der Waals surface area (Å²) >= 11 is 0. The number of aliphatic hydroxyl groups excluding tert-OH is 1. The van der Waals surface area contributed by atoms with Crippen molar-refractivity contribution in [1.29, 1.82) is 0 Å². The summed E-state index contributed by atoms with van der Waals surface area (Å²) in [6, 6.07) is 0. The molecule has 1 N–H and O–H groups in total. The summed E-state index contributed by atoms with van der Waals surface area (Å²) in [7, 11) is 0. The number of amides is 1. The molecular weight excluding hydrogens is 254 g/mol. The smallest absolute Gasteiger partial charge is 0.410 e. The van der Waals surface area contributed by atoms with E-state index in [2.05, 4.69) is 0 Å². The SMILES string of the molecule is CC(C)(C)OC(=O)N1CCC(C2CCC(O)CC2)CC1. The molecule has 1 saturated carbocycles. The Morgan fingerprint density at radius 3 is 2.00 bits per heavy atom. The molecule has 0 aromatic rings. The van der Waals surface area contributed by atoms with E-state index in [4.69, 9.17) is 4.74 Å². The molecule has 0 aromatic carbocycles. The van der Waals surface area contributed by atoms with Gasteiger partial charge in [-0.15, -0.1) is 0 Å². The molecule has 116 valence electrons. The van der Waals surface area contributed by atoms with Crippen molar-refractivity contribution in [3.05, 3.63) is 0 Å². The lowest BCUT2D eigenvalue weighted by Crippen LogP contribution is -2.43. The molecule has 0 spiro atoms. The summed E-state index contributed by atoms with van der Waals surface area (Å²) in [6.45, 7) is 7.36. The number of carbonyl (C=O) groups excluding carboxylic acids is 1. The summed E-state index contributed by atoms with van der Waals surface area (Å²) in [5.74, 6) is 1.47. The summed E-state index contributed by atoms with van der Waals surface area (Å²) in [5.41, 5.74) is -0.409. The first-order valence-electron chi connectivity index (χ1n) is 8.01. The first-order chi connectivity index (χ1) is 9.35. The Bertz CT molecular complexity index is 321. The van der Waals surface area contributed by atoms with Crippen molar-refractivity contribution < 1.29 is 14.6 Å². The highest BCUT2D eigenvalue weighted by molar-refractivity contribution is 5.68. The van der Waals surface area contributed by atoms with Gasteiger partial charge in [-0.25, -0.2) is 4.79 Å². The van der Waals surface area contributed by atoms with E-state index in [1.54, 1.807) is 0 Å². The maximum atomic E-state index is 12.0. The van der Waals surface area contributed by atoms with Crippen LogP contribution in [0.5, 0.6) is 0 Å². The fourth-order valence-corrected chi connectivity index (χ4v) is 3.45. The third-order valence-corrected chi connectivity index (χ3v) is 4.60. The zero-order chi connectivity index (χ0) is 14.8. The molecule has 4 nitrogen and oxygen atoms in total. The van der Waals surface area contributed by atoms with Gasteiger partial charge in [-0.3, -0.25) is 0 Å². The van der Waals surface area contributed by atoms with E-state index in [-0.39, 0.29) is 12.2 Å². The van der Waals surface area contributed by atoms with Crippen molar-refractivity contribution >= 4 is 6.09 Å². The number of aliphatic hydroxyl groups is 1. The third kappa shape index (κ3) is 4.37. The van der Waals surface area contributed by atoms with Crippen molar-refractivity contribution in [3.63, 3.8) is 0 Å². The van der Waals surface area contributed by atoms with Crippen LogP contribution in [0.25, 0.3) is 0 Å². The van der Waals surface area contributed by atoms with Gasteiger partial charge in [-0.1, -0.05) is 0 Å². The molecule has 1 aliphatic carbocycles. The highest BCUT2D eigenvalue weighted by Crippen LogP contribution is 2.35. The largest absolute Gasteiger partial charge is 0.444 e. The van der Waals surface area contributed by atoms with Gasteiger partial charge in [0, 0.05) is 13.1 Å². The van der Waals surface area contributed by atoms with E-state index in [9.17, 15) is 9.90 Å². The van der Waals surface area contributed by atoms with Gasteiger partial charge < -0.3 is 14.7 Å². The van der Waals surface area contributed by atoms with Crippen LogP contribution in [-0.4, -0.2) is 40.9 Å². The molecule has 0 aromatic heterocycles. The number of ether oxygens (including phenoxy) is 1. The predicted octanol–water partition coefficient (Wildman–Crippen LogP) is 3.18. The molecule has 1 saturated heterocycles. The number of nitrogens with zero attached hydrogens (tertiary/aromatic N) is 1. The Balaban J connectivity index is 1.76. The van der Waals surface area contributed by atoms with E-state index >= 15 is 0 Å². The van der Waals surface area contributed by atoms with E-state index < -0.39 is 5.60 Å². The maximum absolute atomic E-state index is 12.0. The molecule has 0 atom stereocenters. The van der Waals surface area contributed by atoms with Crippen LogP contribution < -0.4 is 0 Å². The summed E-state index contributed by atoms with van der Waals surface area (Å²) < 4.78 is 5.43. The highest BCUT2D eigenvalue weighted by atomic mass is 16.6. The van der Waals surface area contributed by atoms with E-state index in [0.29, 0.717) is 0 Å². The Morgan fingerprint density at radius 1 is 1.00 bits per heavy atom. The normalized spacial score (nSPS) is 29.3. The lowest BCUT2D eigenvalue weighted by atomic mass is 9.75. The molecule has 0 unspecified atom stereocenters. The quantitative estimate of drug-likeness (QED) is 0.804. The van der Waals surface area contributed by atoms with Crippen LogP contribution in [0.4, 0.5) is 4.79 Å². The second-order valence-electron chi connectivity index (χ2n) is 7.37. The van der Waals surface area contributed by atoms with Gasteiger partial charge in [0.25, 0.3) is 0 Å². The van der Waals surface area contributed by atoms with Crippen molar-refractivity contribution in [2.45, 2.75) is 71.0 Å². The predicted molar refractivity (Wildman–Crippen MR) is 78.5 cm³/mol. The molecule has 1 amide bonds. The molecule has 1 heterocycles. The first-order valence-corrected chi connectivity index (χ1v) is 8.01. The molecule has 0 radical (unpaired) electrons. The van der Waals surface area contributed by atoms with Crippen molar-refractivity contribution in [1.82, 2.24) is 4.90 Å². The molecule has 2 aliphatic rings. The molecule has 4 heteroatoms. The lowest BCUT2D eigenvalue weighted by Gasteiger charge is -2.38. The standard InChI is InChI=1S/C16H29NO3/c1-16(2,3)20-15(19)17-10-8-13(9-11-17)12-4-6-14(18)7-5-12/h12-14,18H,4-11H2,1-3H3. The van der Waals surface area contributed by atoms with Gasteiger partial charge in [0.15, 0.2) is 0 Å². The molecule has 2 rings (SSSR count). The van der Waals surface area contributed by atoms with Crippen molar-refractivity contribution in [3.8, 4) is 0 Å². The number of rotatable bonds is 1.